The highest BCUT2D eigenvalue weighted by atomic mass is 19.3. The van der Waals surface area contributed by atoms with Crippen LogP contribution in [0.1, 0.15) is 12.1 Å². The third-order valence-corrected chi connectivity index (χ3v) is 3.86. The SMILES string of the molecule is FC(F)c1ccc2ncc(-c3cc(N4CCOCC4)ncn3)n2n1. The van der Waals surface area contributed by atoms with E-state index < -0.39 is 6.43 Å². The van der Waals surface area contributed by atoms with Crippen molar-refractivity contribution in [1.29, 1.82) is 0 Å². The molecule has 0 unspecified atom stereocenters. The first kappa shape index (κ1) is 14.9. The molecule has 0 N–H and O–H groups in total. The Balaban J connectivity index is 1.75. The molecule has 4 rings (SSSR count). The Morgan fingerprint density at radius 3 is 2.71 bits per heavy atom. The van der Waals surface area contributed by atoms with Gasteiger partial charge in [0.25, 0.3) is 6.43 Å². The number of fused-ring (bicyclic) bond motifs is 1. The number of ether oxygens (including phenoxy) is 1. The van der Waals surface area contributed by atoms with Crippen LogP contribution in [0.25, 0.3) is 17.0 Å². The molecule has 1 fully saturated rings. The topological polar surface area (TPSA) is 68.4 Å². The summed E-state index contributed by atoms with van der Waals surface area (Å²) in [6, 6.07) is 4.60. The van der Waals surface area contributed by atoms with Gasteiger partial charge in [-0.3, -0.25) is 0 Å². The lowest BCUT2D eigenvalue weighted by atomic mass is 10.3. The van der Waals surface area contributed by atoms with Crippen molar-refractivity contribution >= 4 is 11.5 Å². The molecule has 0 amide bonds. The number of nitrogens with zero attached hydrogens (tertiary/aromatic N) is 6. The van der Waals surface area contributed by atoms with Gasteiger partial charge in [-0.1, -0.05) is 0 Å². The number of imidazole rings is 1. The lowest BCUT2D eigenvalue weighted by molar-refractivity contribution is 0.122. The maximum absolute atomic E-state index is 12.9. The molecule has 4 heterocycles. The molecule has 0 aliphatic carbocycles. The molecule has 124 valence electrons. The van der Waals surface area contributed by atoms with Gasteiger partial charge in [0.1, 0.15) is 23.5 Å². The van der Waals surface area contributed by atoms with E-state index in [1.54, 1.807) is 6.20 Å². The number of hydrogen-bond acceptors (Lipinski definition) is 6. The first-order chi connectivity index (χ1) is 11.7. The summed E-state index contributed by atoms with van der Waals surface area (Å²) in [7, 11) is 0. The van der Waals surface area contributed by atoms with Gasteiger partial charge in [-0.25, -0.2) is 28.2 Å². The largest absolute Gasteiger partial charge is 0.378 e. The molecule has 0 atom stereocenters. The Morgan fingerprint density at radius 2 is 1.92 bits per heavy atom. The van der Waals surface area contributed by atoms with Crippen LogP contribution in [-0.4, -0.2) is 50.9 Å². The fourth-order valence-corrected chi connectivity index (χ4v) is 2.63. The average molecular weight is 332 g/mol. The molecule has 0 radical (unpaired) electrons. The number of anilines is 1. The second-order valence-electron chi connectivity index (χ2n) is 5.33. The first-order valence-electron chi connectivity index (χ1n) is 7.50. The number of aromatic nitrogens is 5. The van der Waals surface area contributed by atoms with Crippen molar-refractivity contribution in [2.24, 2.45) is 0 Å². The van der Waals surface area contributed by atoms with Gasteiger partial charge in [-0.05, 0) is 12.1 Å². The van der Waals surface area contributed by atoms with Crippen LogP contribution in [-0.2, 0) is 4.74 Å². The summed E-state index contributed by atoms with van der Waals surface area (Å²) in [4.78, 5) is 14.8. The van der Waals surface area contributed by atoms with Crippen LogP contribution in [0, 0.1) is 0 Å². The Morgan fingerprint density at radius 1 is 1.08 bits per heavy atom. The summed E-state index contributed by atoms with van der Waals surface area (Å²) >= 11 is 0. The smallest absolute Gasteiger partial charge is 0.282 e. The maximum atomic E-state index is 12.9. The zero-order chi connectivity index (χ0) is 16.5. The third-order valence-electron chi connectivity index (χ3n) is 3.86. The summed E-state index contributed by atoms with van der Waals surface area (Å²) in [6.45, 7) is 2.79. The summed E-state index contributed by atoms with van der Waals surface area (Å²) in [5.41, 5.74) is 1.31. The monoisotopic (exact) mass is 332 g/mol. The molecular formula is C15H14F2N6O. The van der Waals surface area contributed by atoms with Gasteiger partial charge in [-0.15, -0.1) is 0 Å². The quantitative estimate of drug-likeness (QED) is 0.730. The van der Waals surface area contributed by atoms with E-state index >= 15 is 0 Å². The van der Waals surface area contributed by atoms with Gasteiger partial charge in [-0.2, -0.15) is 5.10 Å². The van der Waals surface area contributed by atoms with E-state index in [1.807, 2.05) is 6.07 Å². The van der Waals surface area contributed by atoms with Gasteiger partial charge in [0.05, 0.1) is 25.1 Å². The van der Waals surface area contributed by atoms with Crippen molar-refractivity contribution in [3.63, 3.8) is 0 Å². The molecule has 9 heteroatoms. The van der Waals surface area contributed by atoms with E-state index in [4.69, 9.17) is 4.74 Å². The van der Waals surface area contributed by atoms with Crippen LogP contribution in [0.15, 0.2) is 30.7 Å². The minimum atomic E-state index is -2.64. The van der Waals surface area contributed by atoms with Crippen molar-refractivity contribution < 1.29 is 13.5 Å². The fraction of sp³-hybridized carbons (Fsp3) is 0.333. The second kappa shape index (κ2) is 6.08. The summed E-state index contributed by atoms with van der Waals surface area (Å²) in [6.07, 6.45) is 0.387. The number of halogens is 2. The van der Waals surface area contributed by atoms with Crippen LogP contribution >= 0.6 is 0 Å². The fourth-order valence-electron chi connectivity index (χ4n) is 2.63. The molecule has 1 aliphatic rings. The van der Waals surface area contributed by atoms with E-state index in [0.29, 0.717) is 30.2 Å². The molecule has 0 spiro atoms. The molecule has 24 heavy (non-hydrogen) atoms. The van der Waals surface area contributed by atoms with Gasteiger partial charge >= 0.3 is 0 Å². The first-order valence-corrected chi connectivity index (χ1v) is 7.50. The number of hydrogen-bond donors (Lipinski definition) is 0. The normalized spacial score (nSPS) is 15.4. The molecule has 0 bridgehead atoms. The van der Waals surface area contributed by atoms with Crippen LogP contribution in [0.5, 0.6) is 0 Å². The molecule has 1 aliphatic heterocycles. The molecule has 7 nitrogen and oxygen atoms in total. The van der Waals surface area contributed by atoms with E-state index in [9.17, 15) is 8.78 Å². The van der Waals surface area contributed by atoms with Gasteiger partial charge < -0.3 is 9.64 Å². The van der Waals surface area contributed by atoms with Crippen LogP contribution in [0.3, 0.4) is 0 Å². The highest BCUT2D eigenvalue weighted by molar-refractivity contribution is 5.62. The van der Waals surface area contributed by atoms with Gasteiger partial charge in [0.2, 0.25) is 0 Å². The van der Waals surface area contributed by atoms with E-state index in [2.05, 4.69) is 25.0 Å². The second-order valence-corrected chi connectivity index (χ2v) is 5.33. The summed E-state index contributed by atoms with van der Waals surface area (Å²) < 4.78 is 32.5. The van der Waals surface area contributed by atoms with E-state index in [0.717, 1.165) is 18.9 Å². The molecule has 1 saturated heterocycles. The highest BCUT2D eigenvalue weighted by Crippen LogP contribution is 2.23. The minimum Gasteiger partial charge on any atom is -0.378 e. The van der Waals surface area contributed by atoms with Crippen molar-refractivity contribution in [2.45, 2.75) is 6.43 Å². The lowest BCUT2D eigenvalue weighted by Crippen LogP contribution is -2.36. The predicted octanol–water partition coefficient (Wildman–Crippen LogP) is 1.96. The molecule has 3 aromatic rings. The average Bonchev–Trinajstić information content (AvgIpc) is 3.05. The Kier molecular flexibility index (Phi) is 3.77. The number of morpholine rings is 1. The molecule has 0 saturated carbocycles. The zero-order valence-corrected chi connectivity index (χ0v) is 12.6. The number of rotatable bonds is 3. The maximum Gasteiger partial charge on any atom is 0.282 e. The van der Waals surface area contributed by atoms with E-state index in [1.165, 1.54) is 23.0 Å². The Bertz CT molecular complexity index is 862. The summed E-state index contributed by atoms with van der Waals surface area (Å²) in [5, 5.41) is 3.96. The predicted molar refractivity (Wildman–Crippen MR) is 82.0 cm³/mol. The standard InChI is InChI=1S/C15H14F2N6O/c16-15(17)10-1-2-13-18-8-12(23(13)21-10)11-7-14(20-9-19-11)22-3-5-24-6-4-22/h1-2,7-9,15H,3-6H2. The molecular weight excluding hydrogens is 318 g/mol. The lowest BCUT2D eigenvalue weighted by Gasteiger charge is -2.27. The minimum absolute atomic E-state index is 0.302. The summed E-state index contributed by atoms with van der Waals surface area (Å²) in [5.74, 6) is 0.767. The van der Waals surface area contributed by atoms with Crippen molar-refractivity contribution in [2.75, 3.05) is 31.2 Å². The van der Waals surface area contributed by atoms with E-state index in [-0.39, 0.29) is 5.69 Å². The van der Waals surface area contributed by atoms with Crippen LogP contribution in [0.2, 0.25) is 0 Å². The van der Waals surface area contributed by atoms with Crippen LogP contribution < -0.4 is 4.90 Å². The molecule has 3 aromatic heterocycles. The number of alkyl halides is 2. The zero-order valence-electron chi connectivity index (χ0n) is 12.6. The Labute approximate surface area is 135 Å². The third kappa shape index (κ3) is 2.67. The van der Waals surface area contributed by atoms with Gasteiger partial charge in [0.15, 0.2) is 5.65 Å². The van der Waals surface area contributed by atoms with Crippen molar-refractivity contribution in [3.8, 4) is 11.4 Å². The molecule has 0 aromatic carbocycles. The Hall–Kier alpha value is -2.68. The van der Waals surface area contributed by atoms with Crippen molar-refractivity contribution in [3.05, 3.63) is 36.4 Å². The van der Waals surface area contributed by atoms with Crippen LogP contribution in [0.4, 0.5) is 14.6 Å². The van der Waals surface area contributed by atoms with Gasteiger partial charge in [0, 0.05) is 19.2 Å². The van der Waals surface area contributed by atoms with Crippen molar-refractivity contribution in [1.82, 2.24) is 24.6 Å². The highest BCUT2D eigenvalue weighted by Gasteiger charge is 2.17.